The Kier molecular flexibility index (Phi) is 8.23. The number of nitrogens with one attached hydrogen (secondary N) is 1. The molecule has 1 aliphatic rings. The molecule has 5 nitrogen and oxygen atoms in total. The van der Waals surface area contributed by atoms with E-state index in [9.17, 15) is 9.59 Å². The highest BCUT2D eigenvalue weighted by molar-refractivity contribution is 8.26. The minimum Gasteiger partial charge on any atom is -0.482 e. The lowest BCUT2D eigenvalue weighted by Crippen LogP contribution is -2.30. The van der Waals surface area contributed by atoms with E-state index in [2.05, 4.69) is 5.32 Å². The van der Waals surface area contributed by atoms with Crippen LogP contribution in [-0.4, -0.2) is 34.2 Å². The average Bonchev–Trinajstić information content (AvgIpc) is 3.11. The van der Waals surface area contributed by atoms with Gasteiger partial charge in [-0.3, -0.25) is 14.5 Å². The van der Waals surface area contributed by atoms with Crippen molar-refractivity contribution in [2.75, 3.05) is 18.5 Å². The Bertz CT molecular complexity index is 1280. The molecule has 3 aromatic carbocycles. The maximum atomic E-state index is 12.9. The molecule has 0 atom stereocenters. The fourth-order valence-electron chi connectivity index (χ4n) is 3.43. The van der Waals surface area contributed by atoms with Gasteiger partial charge in [0.2, 0.25) is 0 Å². The summed E-state index contributed by atoms with van der Waals surface area (Å²) in [7, 11) is 0. The largest absolute Gasteiger partial charge is 0.482 e. The van der Waals surface area contributed by atoms with Gasteiger partial charge in [0.25, 0.3) is 11.8 Å². The lowest BCUT2D eigenvalue weighted by Gasteiger charge is -2.14. The second kappa shape index (κ2) is 11.5. The van der Waals surface area contributed by atoms with Crippen LogP contribution in [0.4, 0.5) is 5.69 Å². The van der Waals surface area contributed by atoms with Gasteiger partial charge in [-0.15, -0.1) is 0 Å². The number of hydrogen-bond acceptors (Lipinski definition) is 5. The summed E-state index contributed by atoms with van der Waals surface area (Å²) in [6, 6.07) is 22.7. The highest BCUT2D eigenvalue weighted by atomic mass is 35.5. The Morgan fingerprint density at radius 1 is 1.11 bits per heavy atom. The standard InChI is InChI=1S/C27H23ClN2O3S2/c1-18-7-10-21(11-8-18)29-25(31)17-33-23-12-9-20(15-22(23)28)16-24-26(32)30(27(34)35-24)14-13-19-5-3-2-4-6-19/h2-12,15-16H,13-14,17H2,1H3,(H,29,31)/b24-16-. The van der Waals surface area contributed by atoms with E-state index in [1.807, 2.05) is 61.5 Å². The molecule has 0 saturated carbocycles. The zero-order chi connectivity index (χ0) is 24.8. The number of benzene rings is 3. The van der Waals surface area contributed by atoms with Crippen molar-refractivity contribution in [3.63, 3.8) is 0 Å². The lowest BCUT2D eigenvalue weighted by atomic mass is 10.1. The number of anilines is 1. The van der Waals surface area contributed by atoms with Crippen LogP contribution in [0, 0.1) is 6.92 Å². The van der Waals surface area contributed by atoms with Gasteiger partial charge < -0.3 is 10.1 Å². The van der Waals surface area contributed by atoms with E-state index in [1.165, 1.54) is 11.8 Å². The second-order valence-electron chi connectivity index (χ2n) is 7.96. The number of hydrogen-bond donors (Lipinski definition) is 1. The van der Waals surface area contributed by atoms with Crippen LogP contribution >= 0.6 is 35.6 Å². The number of carbonyl (C=O) groups excluding carboxylic acids is 2. The van der Waals surface area contributed by atoms with E-state index in [4.69, 9.17) is 28.6 Å². The van der Waals surface area contributed by atoms with E-state index in [0.717, 1.165) is 23.1 Å². The lowest BCUT2D eigenvalue weighted by molar-refractivity contribution is -0.122. The van der Waals surface area contributed by atoms with Crippen molar-refractivity contribution in [3.8, 4) is 5.75 Å². The minimum absolute atomic E-state index is 0.111. The molecule has 35 heavy (non-hydrogen) atoms. The number of rotatable bonds is 8. The number of amides is 2. The molecule has 0 unspecified atom stereocenters. The summed E-state index contributed by atoms with van der Waals surface area (Å²) in [5, 5.41) is 3.13. The Labute approximate surface area is 219 Å². The summed E-state index contributed by atoms with van der Waals surface area (Å²) in [5.41, 5.74) is 3.71. The van der Waals surface area contributed by atoms with Gasteiger partial charge in [-0.05, 0) is 54.8 Å². The SMILES string of the molecule is Cc1ccc(NC(=O)COc2ccc(/C=C3\SC(=S)N(CCc4ccccc4)C3=O)cc2Cl)cc1. The maximum Gasteiger partial charge on any atom is 0.266 e. The molecule has 1 saturated heterocycles. The Morgan fingerprint density at radius 3 is 2.57 bits per heavy atom. The predicted molar refractivity (Wildman–Crippen MR) is 147 cm³/mol. The summed E-state index contributed by atoms with van der Waals surface area (Å²) in [5.74, 6) is -0.00777. The zero-order valence-corrected chi connectivity index (χ0v) is 21.4. The van der Waals surface area contributed by atoms with Crippen LogP contribution in [0.5, 0.6) is 5.75 Å². The summed E-state index contributed by atoms with van der Waals surface area (Å²) < 4.78 is 6.13. The molecule has 8 heteroatoms. The van der Waals surface area contributed by atoms with Crippen LogP contribution in [0.1, 0.15) is 16.7 Å². The summed E-state index contributed by atoms with van der Waals surface area (Å²) in [6.07, 6.45) is 2.50. The van der Waals surface area contributed by atoms with E-state index >= 15 is 0 Å². The van der Waals surface area contributed by atoms with Gasteiger partial charge in [0.1, 0.15) is 10.1 Å². The smallest absolute Gasteiger partial charge is 0.266 e. The van der Waals surface area contributed by atoms with Gasteiger partial charge in [0.15, 0.2) is 6.61 Å². The normalized spacial score (nSPS) is 14.5. The fraction of sp³-hybridized carbons (Fsp3) is 0.148. The Hall–Kier alpha value is -3.13. The maximum absolute atomic E-state index is 12.9. The molecule has 0 bridgehead atoms. The van der Waals surface area contributed by atoms with Crippen LogP contribution in [-0.2, 0) is 16.0 Å². The summed E-state index contributed by atoms with van der Waals surface area (Å²) in [6.45, 7) is 2.34. The third-order valence-corrected chi connectivity index (χ3v) is 6.96. The molecule has 1 aliphatic heterocycles. The number of thiocarbonyl (C=S) groups is 1. The molecule has 2 amide bonds. The molecule has 178 valence electrons. The molecule has 1 fully saturated rings. The van der Waals surface area contributed by atoms with Gasteiger partial charge in [0.05, 0.1) is 9.93 Å². The monoisotopic (exact) mass is 522 g/mol. The summed E-state index contributed by atoms with van der Waals surface area (Å²) >= 11 is 13.1. The molecule has 1 heterocycles. The summed E-state index contributed by atoms with van der Waals surface area (Å²) in [4.78, 5) is 27.2. The molecule has 0 radical (unpaired) electrons. The molecular weight excluding hydrogens is 500 g/mol. The van der Waals surface area contributed by atoms with Crippen molar-refractivity contribution in [2.45, 2.75) is 13.3 Å². The van der Waals surface area contributed by atoms with E-state index in [1.54, 1.807) is 29.2 Å². The molecule has 1 N–H and O–H groups in total. The highest BCUT2D eigenvalue weighted by Gasteiger charge is 2.31. The van der Waals surface area contributed by atoms with Gasteiger partial charge in [-0.25, -0.2) is 0 Å². The van der Waals surface area contributed by atoms with Crippen LogP contribution in [0.3, 0.4) is 0 Å². The second-order valence-corrected chi connectivity index (χ2v) is 10.0. The fourth-order valence-corrected chi connectivity index (χ4v) is 4.98. The van der Waals surface area contributed by atoms with Gasteiger partial charge in [-0.1, -0.05) is 89.7 Å². The molecule has 0 aromatic heterocycles. The van der Waals surface area contributed by atoms with Crippen LogP contribution in [0.15, 0.2) is 77.7 Å². The predicted octanol–water partition coefficient (Wildman–Crippen LogP) is 6.11. The van der Waals surface area contributed by atoms with Crippen molar-refractivity contribution in [2.24, 2.45) is 0 Å². The quantitative estimate of drug-likeness (QED) is 0.286. The number of thioether (sulfide) groups is 1. The van der Waals surface area contributed by atoms with Gasteiger partial charge in [0, 0.05) is 12.2 Å². The van der Waals surface area contributed by atoms with E-state index in [0.29, 0.717) is 32.2 Å². The van der Waals surface area contributed by atoms with E-state index < -0.39 is 0 Å². The first-order valence-corrected chi connectivity index (χ1v) is 12.6. The molecule has 3 aromatic rings. The molecule has 4 rings (SSSR count). The first-order valence-electron chi connectivity index (χ1n) is 11.0. The first kappa shape index (κ1) is 25.0. The van der Waals surface area contributed by atoms with Crippen LogP contribution in [0.25, 0.3) is 6.08 Å². The number of carbonyl (C=O) groups is 2. The highest BCUT2D eigenvalue weighted by Crippen LogP contribution is 2.34. The first-order chi connectivity index (χ1) is 16.9. The average molecular weight is 523 g/mol. The van der Waals surface area contributed by atoms with Gasteiger partial charge >= 0.3 is 0 Å². The van der Waals surface area contributed by atoms with Crippen molar-refractivity contribution in [3.05, 3.63) is 99.4 Å². The minimum atomic E-state index is -0.284. The van der Waals surface area contributed by atoms with Crippen molar-refractivity contribution in [1.29, 1.82) is 0 Å². The topological polar surface area (TPSA) is 58.6 Å². The van der Waals surface area contributed by atoms with Gasteiger partial charge in [-0.2, -0.15) is 0 Å². The molecule has 0 spiro atoms. The van der Waals surface area contributed by atoms with Crippen molar-refractivity contribution < 1.29 is 14.3 Å². The number of halogens is 1. The molecule has 0 aliphatic carbocycles. The number of aryl methyl sites for hydroxylation is 1. The third-order valence-electron chi connectivity index (χ3n) is 5.29. The zero-order valence-electron chi connectivity index (χ0n) is 19.0. The van der Waals surface area contributed by atoms with E-state index in [-0.39, 0.29) is 18.4 Å². The number of nitrogens with zero attached hydrogens (tertiary/aromatic N) is 1. The van der Waals surface area contributed by atoms with Crippen molar-refractivity contribution in [1.82, 2.24) is 4.90 Å². The third kappa shape index (κ3) is 6.72. The molecular formula is C27H23ClN2O3S2. The Morgan fingerprint density at radius 2 is 1.86 bits per heavy atom. The van der Waals surface area contributed by atoms with Crippen molar-refractivity contribution >= 4 is 63.5 Å². The van der Waals surface area contributed by atoms with Crippen LogP contribution in [0.2, 0.25) is 5.02 Å². The number of ether oxygens (including phenoxy) is 1. The Balaban J connectivity index is 1.34. The van der Waals surface area contributed by atoms with Crippen LogP contribution < -0.4 is 10.1 Å².